The number of fused-ring (bicyclic) bond motifs is 1. The molecule has 0 aliphatic carbocycles. The van der Waals surface area contributed by atoms with E-state index >= 15 is 0 Å². The van der Waals surface area contributed by atoms with E-state index in [0.717, 1.165) is 14.7 Å². The first-order chi connectivity index (χ1) is 14.9. The molecule has 0 bridgehead atoms. The normalized spacial score (nSPS) is 11.3. The Kier molecular flexibility index (Phi) is 6.27. The maximum absolute atomic E-state index is 12.7. The van der Waals surface area contributed by atoms with E-state index in [-0.39, 0.29) is 6.61 Å². The third-order valence-corrected chi connectivity index (χ3v) is 5.68. The van der Waals surface area contributed by atoms with Crippen molar-refractivity contribution in [3.63, 3.8) is 0 Å². The fourth-order valence-corrected chi connectivity index (χ4v) is 3.62. The number of aromatic amines is 1. The van der Waals surface area contributed by atoms with Gasteiger partial charge >= 0.3 is 5.69 Å². The number of hydrogen-bond donors (Lipinski definition) is 1. The van der Waals surface area contributed by atoms with Crippen LogP contribution in [0.1, 0.15) is 11.1 Å². The van der Waals surface area contributed by atoms with E-state index < -0.39 is 11.2 Å². The molecule has 3 aromatic carbocycles. The van der Waals surface area contributed by atoms with Gasteiger partial charge in [0.2, 0.25) is 0 Å². The molecule has 9 heteroatoms. The number of ether oxygens (including phenoxy) is 1. The topological polar surface area (TPSA) is 76.5 Å². The van der Waals surface area contributed by atoms with E-state index in [1.165, 1.54) is 6.21 Å². The second-order valence-electron chi connectivity index (χ2n) is 6.56. The van der Waals surface area contributed by atoms with Crippen molar-refractivity contribution in [3.8, 4) is 5.75 Å². The van der Waals surface area contributed by atoms with Crippen molar-refractivity contribution >= 4 is 56.2 Å². The molecule has 0 aliphatic rings. The Morgan fingerprint density at radius 2 is 1.84 bits per heavy atom. The van der Waals surface area contributed by atoms with Crippen LogP contribution in [0.2, 0.25) is 10.0 Å². The van der Waals surface area contributed by atoms with Crippen LogP contribution in [-0.4, -0.2) is 15.9 Å². The van der Waals surface area contributed by atoms with Crippen LogP contribution in [-0.2, 0) is 6.61 Å². The van der Waals surface area contributed by atoms with E-state index in [2.05, 4.69) is 26.0 Å². The first-order valence-corrected chi connectivity index (χ1v) is 10.6. The molecule has 0 unspecified atom stereocenters. The fraction of sp³-hybridized carbons (Fsp3) is 0.0455. The van der Waals surface area contributed by atoms with Gasteiger partial charge in [-0.25, -0.2) is 4.79 Å². The number of nitrogens with one attached hydrogen (secondary N) is 1. The van der Waals surface area contributed by atoms with Crippen molar-refractivity contribution < 1.29 is 4.74 Å². The quantitative estimate of drug-likeness (QED) is 0.368. The molecule has 4 rings (SSSR count). The summed E-state index contributed by atoms with van der Waals surface area (Å²) in [5.74, 6) is 0.517. The van der Waals surface area contributed by atoms with Gasteiger partial charge in [0.05, 0.1) is 27.2 Å². The van der Waals surface area contributed by atoms with Gasteiger partial charge in [-0.1, -0.05) is 57.3 Å². The van der Waals surface area contributed by atoms with Gasteiger partial charge in [0.25, 0.3) is 5.56 Å². The van der Waals surface area contributed by atoms with Crippen LogP contribution < -0.4 is 16.0 Å². The Bertz CT molecular complexity index is 1430. The number of rotatable bonds is 5. The number of nitrogens with zero attached hydrogens (tertiary/aromatic N) is 2. The lowest BCUT2D eigenvalue weighted by Gasteiger charge is -2.10. The van der Waals surface area contributed by atoms with Gasteiger partial charge in [0.15, 0.2) is 0 Å². The highest BCUT2D eigenvalue weighted by molar-refractivity contribution is 9.10. The lowest BCUT2D eigenvalue weighted by atomic mass is 10.2. The second-order valence-corrected chi connectivity index (χ2v) is 8.29. The van der Waals surface area contributed by atoms with Gasteiger partial charge in [0, 0.05) is 10.0 Å². The van der Waals surface area contributed by atoms with E-state index in [0.29, 0.717) is 32.3 Å². The van der Waals surface area contributed by atoms with Crippen LogP contribution >= 0.6 is 39.1 Å². The highest BCUT2D eigenvalue weighted by atomic mass is 79.9. The predicted molar refractivity (Wildman–Crippen MR) is 127 cm³/mol. The van der Waals surface area contributed by atoms with Crippen molar-refractivity contribution in [2.45, 2.75) is 6.61 Å². The van der Waals surface area contributed by atoms with Crippen LogP contribution in [0, 0.1) is 0 Å². The first-order valence-electron chi connectivity index (χ1n) is 9.07. The molecular weight excluding hydrogens is 505 g/mol. The van der Waals surface area contributed by atoms with Gasteiger partial charge in [-0.05, 0) is 48.0 Å². The predicted octanol–water partition coefficient (Wildman–Crippen LogP) is 5.22. The minimum Gasteiger partial charge on any atom is -0.488 e. The van der Waals surface area contributed by atoms with Crippen LogP contribution in [0.5, 0.6) is 5.75 Å². The number of benzene rings is 3. The van der Waals surface area contributed by atoms with Crippen LogP contribution in [0.3, 0.4) is 0 Å². The summed E-state index contributed by atoms with van der Waals surface area (Å²) in [5.41, 5.74) is 0.727. The average Bonchev–Trinajstić information content (AvgIpc) is 2.75. The summed E-state index contributed by atoms with van der Waals surface area (Å²) in [6.45, 7) is 0.246. The molecule has 0 radical (unpaired) electrons. The Balaban J connectivity index is 1.66. The van der Waals surface area contributed by atoms with Crippen molar-refractivity contribution in [3.05, 3.63) is 107 Å². The Morgan fingerprint density at radius 1 is 1.03 bits per heavy atom. The molecule has 156 valence electrons. The summed E-state index contributed by atoms with van der Waals surface area (Å²) in [6.07, 6.45) is 1.40. The summed E-state index contributed by atoms with van der Waals surface area (Å²) in [7, 11) is 0. The zero-order valence-corrected chi connectivity index (χ0v) is 18.9. The largest absolute Gasteiger partial charge is 0.488 e. The number of H-pyrrole nitrogens is 1. The molecule has 0 fully saturated rings. The zero-order valence-electron chi connectivity index (χ0n) is 15.8. The Labute approximate surface area is 194 Å². The number of halogens is 3. The van der Waals surface area contributed by atoms with Crippen LogP contribution in [0.4, 0.5) is 0 Å². The second kappa shape index (κ2) is 9.09. The minimum absolute atomic E-state index is 0.246. The summed E-state index contributed by atoms with van der Waals surface area (Å²) >= 11 is 15.4. The van der Waals surface area contributed by atoms with E-state index in [9.17, 15) is 9.59 Å². The first kappa shape index (κ1) is 21.4. The van der Waals surface area contributed by atoms with Crippen molar-refractivity contribution in [1.29, 1.82) is 0 Å². The molecule has 1 heterocycles. The molecule has 6 nitrogen and oxygen atoms in total. The zero-order chi connectivity index (χ0) is 22.0. The molecule has 0 aliphatic heterocycles. The van der Waals surface area contributed by atoms with Crippen molar-refractivity contribution in [1.82, 2.24) is 9.66 Å². The molecule has 31 heavy (non-hydrogen) atoms. The molecule has 1 N–H and O–H groups in total. The summed E-state index contributed by atoms with van der Waals surface area (Å²) in [4.78, 5) is 27.6. The van der Waals surface area contributed by atoms with E-state index in [1.807, 2.05) is 12.1 Å². The molecule has 0 saturated heterocycles. The SMILES string of the molecule is O=c1[nH]c2ccccc2c(=O)n1N=Cc1cc(Br)ccc1OCc1ccc(Cl)c(Cl)c1. The molecule has 0 atom stereocenters. The summed E-state index contributed by atoms with van der Waals surface area (Å²) in [6, 6.07) is 17.3. The lowest BCUT2D eigenvalue weighted by molar-refractivity contribution is 0.305. The van der Waals surface area contributed by atoms with Gasteiger partial charge < -0.3 is 9.72 Å². The average molecular weight is 519 g/mol. The Morgan fingerprint density at radius 3 is 2.65 bits per heavy atom. The van der Waals surface area contributed by atoms with Crippen molar-refractivity contribution in [2.24, 2.45) is 5.10 Å². The molecule has 1 aromatic heterocycles. The molecule has 0 spiro atoms. The van der Waals surface area contributed by atoms with Crippen LogP contribution in [0.15, 0.2) is 79.8 Å². The number of hydrogen-bond acceptors (Lipinski definition) is 4. The standard InChI is InChI=1S/C22H14BrCl2N3O3/c23-15-6-8-20(31-12-13-5-7-17(24)18(25)9-13)14(10-15)11-26-28-21(29)16-3-1-2-4-19(16)27-22(28)30/h1-11H,12H2,(H,27,30). The van der Waals surface area contributed by atoms with Gasteiger partial charge in [-0.2, -0.15) is 5.10 Å². The smallest absolute Gasteiger partial charge is 0.349 e. The fourth-order valence-electron chi connectivity index (χ4n) is 2.92. The highest BCUT2D eigenvalue weighted by Gasteiger charge is 2.08. The Hall–Kier alpha value is -2.87. The van der Waals surface area contributed by atoms with Crippen LogP contribution in [0.25, 0.3) is 10.9 Å². The third kappa shape index (κ3) is 4.74. The maximum atomic E-state index is 12.7. The van der Waals surface area contributed by atoms with Gasteiger partial charge in [-0.3, -0.25) is 4.79 Å². The minimum atomic E-state index is -0.631. The van der Waals surface area contributed by atoms with Crippen molar-refractivity contribution in [2.75, 3.05) is 0 Å². The third-order valence-electron chi connectivity index (χ3n) is 4.45. The molecule has 0 amide bonds. The summed E-state index contributed by atoms with van der Waals surface area (Å²) < 4.78 is 7.48. The van der Waals surface area contributed by atoms with E-state index in [1.54, 1.807) is 48.5 Å². The van der Waals surface area contributed by atoms with E-state index in [4.69, 9.17) is 27.9 Å². The lowest BCUT2D eigenvalue weighted by Crippen LogP contribution is -2.32. The number of aromatic nitrogens is 2. The number of para-hydroxylation sites is 1. The maximum Gasteiger partial charge on any atom is 0.349 e. The molecule has 0 saturated carbocycles. The summed E-state index contributed by atoms with van der Waals surface area (Å²) in [5, 5.41) is 5.38. The van der Waals surface area contributed by atoms with Gasteiger partial charge in [0.1, 0.15) is 12.4 Å². The monoisotopic (exact) mass is 517 g/mol. The van der Waals surface area contributed by atoms with Gasteiger partial charge in [-0.15, -0.1) is 4.68 Å². The molecule has 4 aromatic rings. The molecular formula is C22H14BrCl2N3O3. The highest BCUT2D eigenvalue weighted by Crippen LogP contribution is 2.25.